The summed E-state index contributed by atoms with van der Waals surface area (Å²) in [5.74, 6) is 0.0294. The van der Waals surface area contributed by atoms with Crippen LogP contribution < -0.4 is 0 Å². The lowest BCUT2D eigenvalue weighted by Crippen LogP contribution is -2.28. The Bertz CT molecular complexity index is 1250. The van der Waals surface area contributed by atoms with E-state index in [0.717, 1.165) is 70.8 Å². The normalized spacial score (nSPS) is 18.2. The molecule has 0 spiro atoms. The molecule has 0 amide bonds. The largest absolute Gasteiger partial charge is 0.438 e. The number of rotatable bonds is 21. The van der Waals surface area contributed by atoms with E-state index < -0.39 is 16.2 Å². The lowest BCUT2D eigenvalue weighted by Gasteiger charge is -2.24. The minimum Gasteiger partial charge on any atom is -0.438 e. The molecule has 0 bridgehead atoms. The van der Waals surface area contributed by atoms with Gasteiger partial charge in [0.1, 0.15) is 0 Å². The first-order valence-electron chi connectivity index (χ1n) is 25.4. The van der Waals surface area contributed by atoms with E-state index in [0.29, 0.717) is 18.1 Å². The molecule has 12 nitrogen and oxygen atoms in total. The summed E-state index contributed by atoms with van der Waals surface area (Å²) in [6.07, 6.45) is 27.2. The standard InChI is InChI=1S/C14H26O3.2C13H24O3.C12H22O3/c1-4-14(2,3)13(15)17-11-16-12-9-7-5-6-8-10-12;1-4-13(2,3)12(14)16-10-15-9-11-7-5-6-8-11;1-4-13(2,3)12(14)16-10-15-11-8-6-5-7-9-11;1-4-12(2,3)11(13)15-9-14-10-7-5-6-8-10/h12H,4-11H2,1-3H3;2*11H,4-10H2,1-3H3;10H,4-9H2,1-3H3. The number of esters is 4. The van der Waals surface area contributed by atoms with Crippen molar-refractivity contribution in [2.75, 3.05) is 33.8 Å². The first kappa shape index (κ1) is 59.7. The maximum atomic E-state index is 11.7. The van der Waals surface area contributed by atoms with Gasteiger partial charge in [0.25, 0.3) is 0 Å². The van der Waals surface area contributed by atoms with E-state index in [9.17, 15) is 19.2 Å². The molecule has 0 heterocycles. The second kappa shape index (κ2) is 32.4. The van der Waals surface area contributed by atoms with Crippen LogP contribution in [0.1, 0.15) is 231 Å². The van der Waals surface area contributed by atoms with Gasteiger partial charge in [0.05, 0.1) is 46.6 Å². The summed E-state index contributed by atoms with van der Waals surface area (Å²) >= 11 is 0. The van der Waals surface area contributed by atoms with Crippen molar-refractivity contribution in [1.82, 2.24) is 0 Å². The monoisotopic (exact) mass is 913 g/mol. The minimum atomic E-state index is -0.396. The third-order valence-electron chi connectivity index (χ3n) is 14.0. The van der Waals surface area contributed by atoms with Crippen LogP contribution in [0.15, 0.2) is 0 Å². The van der Waals surface area contributed by atoms with Crippen molar-refractivity contribution in [3.05, 3.63) is 0 Å². The topological polar surface area (TPSA) is 142 Å². The Morgan fingerprint density at radius 3 is 0.875 bits per heavy atom. The zero-order chi connectivity index (χ0) is 48.1. The third kappa shape index (κ3) is 25.6. The van der Waals surface area contributed by atoms with Gasteiger partial charge >= 0.3 is 23.9 Å². The highest BCUT2D eigenvalue weighted by molar-refractivity contribution is 5.76. The lowest BCUT2D eigenvalue weighted by molar-refractivity contribution is -0.173. The summed E-state index contributed by atoms with van der Waals surface area (Å²) in [6, 6.07) is 0. The van der Waals surface area contributed by atoms with Crippen LogP contribution in [-0.4, -0.2) is 76.0 Å². The van der Waals surface area contributed by atoms with Gasteiger partial charge in [-0.1, -0.05) is 98.3 Å². The van der Waals surface area contributed by atoms with Crippen LogP contribution in [0, 0.1) is 27.6 Å². The quantitative estimate of drug-likeness (QED) is 0.0356. The lowest BCUT2D eigenvalue weighted by atomic mass is 9.91. The average molecular weight is 913 g/mol. The van der Waals surface area contributed by atoms with E-state index in [-0.39, 0.29) is 62.6 Å². The maximum absolute atomic E-state index is 11.7. The molecule has 0 saturated heterocycles. The van der Waals surface area contributed by atoms with Gasteiger partial charge in [-0.25, -0.2) is 0 Å². The highest BCUT2D eigenvalue weighted by atomic mass is 16.7. The van der Waals surface area contributed by atoms with Gasteiger partial charge in [-0.2, -0.15) is 0 Å². The van der Waals surface area contributed by atoms with Crippen LogP contribution in [0.5, 0.6) is 0 Å². The molecule has 4 saturated carbocycles. The fourth-order valence-electron chi connectivity index (χ4n) is 7.09. The van der Waals surface area contributed by atoms with Crippen LogP contribution in [0.2, 0.25) is 0 Å². The first-order chi connectivity index (χ1) is 30.2. The Morgan fingerprint density at radius 2 is 0.594 bits per heavy atom. The zero-order valence-electron chi connectivity index (χ0n) is 43.0. The highest BCUT2D eigenvalue weighted by Gasteiger charge is 2.30. The van der Waals surface area contributed by atoms with Crippen molar-refractivity contribution in [2.45, 2.75) is 249 Å². The molecule has 0 aromatic heterocycles. The summed E-state index contributed by atoms with van der Waals surface area (Å²) in [6.45, 7) is 24.3. The third-order valence-corrected chi connectivity index (χ3v) is 14.0. The van der Waals surface area contributed by atoms with E-state index in [2.05, 4.69) is 0 Å². The summed E-state index contributed by atoms with van der Waals surface area (Å²) in [5, 5.41) is 0. The second-order valence-corrected chi connectivity index (χ2v) is 20.9. The highest BCUT2D eigenvalue weighted by Crippen LogP contribution is 2.28. The van der Waals surface area contributed by atoms with Gasteiger partial charge in [-0.3, -0.25) is 19.2 Å². The van der Waals surface area contributed by atoms with Gasteiger partial charge < -0.3 is 37.9 Å². The summed E-state index contributed by atoms with van der Waals surface area (Å²) < 4.78 is 42.5. The molecule has 4 fully saturated rings. The Balaban J connectivity index is 0.000000427. The molecule has 0 aromatic rings. The van der Waals surface area contributed by atoms with Gasteiger partial charge in [0, 0.05) is 0 Å². The SMILES string of the molecule is CCC(C)(C)C(=O)OCOC1CCCC1.CCC(C)(C)C(=O)OCOC1CCCCC1.CCC(C)(C)C(=O)OCOC1CCCCCC1.CCC(C)(C)C(=O)OCOCC1CCCC1. The van der Waals surface area contributed by atoms with Gasteiger partial charge in [-0.05, 0) is 138 Å². The van der Waals surface area contributed by atoms with Crippen molar-refractivity contribution >= 4 is 23.9 Å². The molecule has 4 aliphatic rings. The molecule has 376 valence electrons. The molecule has 0 N–H and O–H groups in total. The summed E-state index contributed by atoms with van der Waals surface area (Å²) in [5.41, 5.74) is -1.57. The number of carbonyl (C=O) groups excluding carboxylic acids is 4. The van der Waals surface area contributed by atoms with Crippen LogP contribution >= 0.6 is 0 Å². The molecule has 0 unspecified atom stereocenters. The molecular formula is C52H96O12. The minimum absolute atomic E-state index is 0.110. The number of ether oxygens (including phenoxy) is 8. The van der Waals surface area contributed by atoms with Crippen LogP contribution in [0.25, 0.3) is 0 Å². The predicted octanol–water partition coefficient (Wildman–Crippen LogP) is 12.9. The number of carbonyl (C=O) groups is 4. The molecule has 0 atom stereocenters. The summed E-state index contributed by atoms with van der Waals surface area (Å²) in [4.78, 5) is 46.5. The molecule has 0 aliphatic heterocycles. The van der Waals surface area contributed by atoms with E-state index in [1.54, 1.807) is 0 Å². The molecule has 0 radical (unpaired) electrons. The smallest absolute Gasteiger partial charge is 0.313 e. The predicted molar refractivity (Wildman–Crippen MR) is 252 cm³/mol. The molecular weight excluding hydrogens is 817 g/mol. The van der Waals surface area contributed by atoms with Gasteiger partial charge in [0.2, 0.25) is 0 Å². The van der Waals surface area contributed by atoms with Gasteiger partial charge in [-0.15, -0.1) is 0 Å². The van der Waals surface area contributed by atoms with Crippen LogP contribution in [-0.2, 0) is 57.1 Å². The van der Waals surface area contributed by atoms with E-state index in [1.807, 2.05) is 83.1 Å². The van der Waals surface area contributed by atoms with Crippen molar-refractivity contribution in [3.63, 3.8) is 0 Å². The van der Waals surface area contributed by atoms with E-state index >= 15 is 0 Å². The van der Waals surface area contributed by atoms with Crippen molar-refractivity contribution < 1.29 is 57.1 Å². The zero-order valence-corrected chi connectivity index (χ0v) is 43.0. The molecule has 4 rings (SSSR count). The van der Waals surface area contributed by atoms with Crippen molar-refractivity contribution in [2.24, 2.45) is 27.6 Å². The molecule has 0 aromatic carbocycles. The first-order valence-corrected chi connectivity index (χ1v) is 25.4. The van der Waals surface area contributed by atoms with E-state index in [1.165, 1.54) is 83.5 Å². The number of hydrogen-bond acceptors (Lipinski definition) is 12. The Kier molecular flexibility index (Phi) is 30.3. The molecule has 64 heavy (non-hydrogen) atoms. The van der Waals surface area contributed by atoms with Crippen LogP contribution in [0.3, 0.4) is 0 Å². The molecule has 4 aliphatic carbocycles. The van der Waals surface area contributed by atoms with Crippen molar-refractivity contribution in [1.29, 1.82) is 0 Å². The van der Waals surface area contributed by atoms with E-state index in [4.69, 9.17) is 37.9 Å². The fraction of sp³-hybridized carbons (Fsp3) is 0.923. The van der Waals surface area contributed by atoms with Gasteiger partial charge in [0.15, 0.2) is 27.2 Å². The number of hydrogen-bond donors (Lipinski definition) is 0. The Labute approximate surface area is 390 Å². The maximum Gasteiger partial charge on any atom is 0.313 e. The fourth-order valence-corrected chi connectivity index (χ4v) is 7.09. The Morgan fingerprint density at radius 1 is 0.359 bits per heavy atom. The Hall–Kier alpha value is -2.28. The van der Waals surface area contributed by atoms with Crippen molar-refractivity contribution in [3.8, 4) is 0 Å². The van der Waals surface area contributed by atoms with Crippen LogP contribution in [0.4, 0.5) is 0 Å². The molecule has 12 heteroatoms. The average Bonchev–Trinajstić information content (AvgIpc) is 3.96. The second-order valence-electron chi connectivity index (χ2n) is 20.9. The summed E-state index contributed by atoms with van der Waals surface area (Å²) in [7, 11) is 0.